The Bertz CT molecular complexity index is 590. The second kappa shape index (κ2) is 7.48. The molecular formula is C18H21NO2. The summed E-state index contributed by atoms with van der Waals surface area (Å²) in [5.74, 6) is 0.858. The van der Waals surface area contributed by atoms with Gasteiger partial charge in [0, 0.05) is 12.1 Å². The molecule has 0 radical (unpaired) electrons. The smallest absolute Gasteiger partial charge is 0.251 e. The van der Waals surface area contributed by atoms with Gasteiger partial charge in [0.25, 0.3) is 5.91 Å². The molecule has 21 heavy (non-hydrogen) atoms. The van der Waals surface area contributed by atoms with Gasteiger partial charge < -0.3 is 10.1 Å². The maximum atomic E-state index is 11.9. The van der Waals surface area contributed by atoms with Crippen molar-refractivity contribution in [2.75, 3.05) is 13.7 Å². The number of hydrogen-bond acceptors (Lipinski definition) is 2. The molecule has 0 fully saturated rings. The zero-order chi connectivity index (χ0) is 15.1. The first-order chi connectivity index (χ1) is 10.2. The van der Waals surface area contributed by atoms with E-state index >= 15 is 0 Å². The molecule has 0 spiro atoms. The van der Waals surface area contributed by atoms with Gasteiger partial charge in [-0.05, 0) is 49.6 Å². The van der Waals surface area contributed by atoms with Gasteiger partial charge in [0.2, 0.25) is 0 Å². The summed E-state index contributed by atoms with van der Waals surface area (Å²) in [7, 11) is 1.67. The molecule has 2 aromatic carbocycles. The zero-order valence-corrected chi connectivity index (χ0v) is 12.6. The highest BCUT2D eigenvalue weighted by atomic mass is 16.5. The second-order valence-corrected chi connectivity index (χ2v) is 5.08. The predicted molar refractivity (Wildman–Crippen MR) is 84.8 cm³/mol. The van der Waals surface area contributed by atoms with E-state index in [9.17, 15) is 4.79 Å². The van der Waals surface area contributed by atoms with Crippen LogP contribution in [0.4, 0.5) is 0 Å². The molecule has 1 N–H and O–H groups in total. The molecule has 1 amide bonds. The summed E-state index contributed by atoms with van der Waals surface area (Å²) in [5.41, 5.74) is 3.09. The molecule has 0 aliphatic carbocycles. The first-order valence-corrected chi connectivity index (χ1v) is 7.17. The predicted octanol–water partition coefficient (Wildman–Crippen LogP) is 3.37. The van der Waals surface area contributed by atoms with E-state index in [1.165, 1.54) is 5.56 Å². The molecule has 2 rings (SSSR count). The minimum absolute atomic E-state index is 0.0133. The lowest BCUT2D eigenvalue weighted by molar-refractivity contribution is 0.0953. The first kappa shape index (κ1) is 15.1. The van der Waals surface area contributed by atoms with Crippen molar-refractivity contribution >= 4 is 5.91 Å². The van der Waals surface area contributed by atoms with Gasteiger partial charge in [0.1, 0.15) is 5.75 Å². The van der Waals surface area contributed by atoms with E-state index in [-0.39, 0.29) is 5.91 Å². The molecule has 3 nitrogen and oxygen atoms in total. The minimum Gasteiger partial charge on any atom is -0.497 e. The van der Waals surface area contributed by atoms with Gasteiger partial charge in [0.05, 0.1) is 7.11 Å². The van der Waals surface area contributed by atoms with E-state index in [4.69, 9.17) is 4.74 Å². The van der Waals surface area contributed by atoms with Crippen molar-refractivity contribution in [1.82, 2.24) is 5.32 Å². The maximum Gasteiger partial charge on any atom is 0.251 e. The molecule has 2 aromatic rings. The third-order valence-corrected chi connectivity index (χ3v) is 3.38. The van der Waals surface area contributed by atoms with Gasteiger partial charge in [-0.25, -0.2) is 0 Å². The minimum atomic E-state index is -0.0133. The van der Waals surface area contributed by atoms with E-state index in [0.717, 1.165) is 24.2 Å². The fourth-order valence-electron chi connectivity index (χ4n) is 2.13. The van der Waals surface area contributed by atoms with Gasteiger partial charge in [-0.1, -0.05) is 29.8 Å². The molecule has 0 saturated carbocycles. The summed E-state index contributed by atoms with van der Waals surface area (Å²) in [5, 5.41) is 2.95. The van der Waals surface area contributed by atoms with E-state index in [2.05, 4.69) is 11.4 Å². The van der Waals surface area contributed by atoms with Crippen molar-refractivity contribution < 1.29 is 9.53 Å². The van der Waals surface area contributed by atoms with Crippen LogP contribution < -0.4 is 10.1 Å². The van der Waals surface area contributed by atoms with Gasteiger partial charge in [-0.3, -0.25) is 4.79 Å². The number of carbonyl (C=O) groups excluding carboxylic acids is 1. The number of nitrogens with one attached hydrogen (secondary N) is 1. The lowest BCUT2D eigenvalue weighted by Crippen LogP contribution is -2.24. The Morgan fingerprint density at radius 3 is 2.62 bits per heavy atom. The number of aryl methyl sites for hydroxylation is 2. The Labute approximate surface area is 126 Å². The van der Waals surface area contributed by atoms with Crippen LogP contribution in [0.15, 0.2) is 48.5 Å². The lowest BCUT2D eigenvalue weighted by Gasteiger charge is -2.07. The molecule has 110 valence electrons. The number of rotatable bonds is 6. The number of ether oxygens (including phenoxy) is 1. The molecule has 0 aromatic heterocycles. The van der Waals surface area contributed by atoms with Crippen molar-refractivity contribution in [2.45, 2.75) is 19.8 Å². The summed E-state index contributed by atoms with van der Waals surface area (Å²) in [4.78, 5) is 11.9. The number of carbonyl (C=O) groups is 1. The van der Waals surface area contributed by atoms with E-state index < -0.39 is 0 Å². The number of benzene rings is 2. The molecule has 0 unspecified atom stereocenters. The number of hydrogen-bond donors (Lipinski definition) is 1. The van der Waals surface area contributed by atoms with Gasteiger partial charge in [-0.15, -0.1) is 0 Å². The highest BCUT2D eigenvalue weighted by Gasteiger charge is 2.04. The Morgan fingerprint density at radius 2 is 1.90 bits per heavy atom. The maximum absolute atomic E-state index is 11.9. The number of methoxy groups -OCH3 is 1. The first-order valence-electron chi connectivity index (χ1n) is 7.17. The fraction of sp³-hybridized carbons (Fsp3) is 0.278. The topological polar surface area (TPSA) is 38.3 Å². The third-order valence-electron chi connectivity index (χ3n) is 3.38. The molecule has 0 aliphatic rings. The highest BCUT2D eigenvalue weighted by molar-refractivity contribution is 5.94. The Morgan fingerprint density at radius 1 is 1.14 bits per heavy atom. The average Bonchev–Trinajstić information content (AvgIpc) is 2.52. The van der Waals surface area contributed by atoms with Crippen molar-refractivity contribution in [2.24, 2.45) is 0 Å². The monoisotopic (exact) mass is 283 g/mol. The van der Waals surface area contributed by atoms with Crippen LogP contribution in [0, 0.1) is 6.92 Å². The summed E-state index contributed by atoms with van der Waals surface area (Å²) < 4.78 is 5.20. The lowest BCUT2D eigenvalue weighted by atomic mass is 10.1. The summed E-state index contributed by atoms with van der Waals surface area (Å²) in [6.07, 6.45) is 1.83. The second-order valence-electron chi connectivity index (χ2n) is 5.08. The van der Waals surface area contributed by atoms with E-state index in [1.807, 2.05) is 49.4 Å². The van der Waals surface area contributed by atoms with Crippen LogP contribution in [-0.4, -0.2) is 19.6 Å². The standard InChI is InChI=1S/C18H21NO2/c1-14-8-10-16(11-9-14)18(20)19-12-4-6-15-5-3-7-17(13-15)21-2/h3,5,7-11,13H,4,6,12H2,1-2H3,(H,19,20). The quantitative estimate of drug-likeness (QED) is 0.825. The van der Waals surface area contributed by atoms with Crippen LogP contribution in [0.5, 0.6) is 5.75 Å². The zero-order valence-electron chi connectivity index (χ0n) is 12.6. The Hall–Kier alpha value is -2.29. The molecule has 0 bridgehead atoms. The van der Waals surface area contributed by atoms with Crippen LogP contribution in [0.3, 0.4) is 0 Å². The third kappa shape index (κ3) is 4.63. The van der Waals surface area contributed by atoms with Crippen molar-refractivity contribution in [1.29, 1.82) is 0 Å². The van der Waals surface area contributed by atoms with Gasteiger partial charge in [0.15, 0.2) is 0 Å². The van der Waals surface area contributed by atoms with Crippen molar-refractivity contribution in [3.05, 3.63) is 65.2 Å². The van der Waals surface area contributed by atoms with Crippen LogP contribution in [0.1, 0.15) is 27.9 Å². The SMILES string of the molecule is COc1cccc(CCCNC(=O)c2ccc(C)cc2)c1. The summed E-state index contributed by atoms with van der Waals surface area (Å²) >= 11 is 0. The molecule has 3 heteroatoms. The number of amides is 1. The summed E-state index contributed by atoms with van der Waals surface area (Å²) in [6, 6.07) is 15.6. The average molecular weight is 283 g/mol. The highest BCUT2D eigenvalue weighted by Crippen LogP contribution is 2.13. The van der Waals surface area contributed by atoms with Gasteiger partial charge >= 0.3 is 0 Å². The van der Waals surface area contributed by atoms with Crippen LogP contribution in [-0.2, 0) is 6.42 Å². The largest absolute Gasteiger partial charge is 0.497 e. The Balaban J connectivity index is 1.76. The van der Waals surface area contributed by atoms with Crippen LogP contribution >= 0.6 is 0 Å². The van der Waals surface area contributed by atoms with E-state index in [1.54, 1.807) is 7.11 Å². The molecule has 0 saturated heterocycles. The summed E-state index contributed by atoms with van der Waals surface area (Å²) in [6.45, 7) is 2.68. The fourth-order valence-corrected chi connectivity index (χ4v) is 2.13. The van der Waals surface area contributed by atoms with Crippen LogP contribution in [0.25, 0.3) is 0 Å². The van der Waals surface area contributed by atoms with Crippen molar-refractivity contribution in [3.8, 4) is 5.75 Å². The normalized spacial score (nSPS) is 10.2. The van der Waals surface area contributed by atoms with E-state index in [0.29, 0.717) is 12.1 Å². The van der Waals surface area contributed by atoms with Crippen LogP contribution in [0.2, 0.25) is 0 Å². The molecule has 0 heterocycles. The van der Waals surface area contributed by atoms with Crippen molar-refractivity contribution in [3.63, 3.8) is 0 Å². The molecule has 0 atom stereocenters. The molecule has 0 aliphatic heterocycles. The Kier molecular flexibility index (Phi) is 5.38. The molecular weight excluding hydrogens is 262 g/mol. The van der Waals surface area contributed by atoms with Gasteiger partial charge in [-0.2, -0.15) is 0 Å².